The van der Waals surface area contributed by atoms with Gasteiger partial charge in [-0.25, -0.2) is 8.42 Å². The topological polar surface area (TPSA) is 63.6 Å². The number of aromatic hydroxyl groups is 1. The van der Waals surface area contributed by atoms with Gasteiger partial charge >= 0.3 is 0 Å². The summed E-state index contributed by atoms with van der Waals surface area (Å²) in [5.41, 5.74) is 0. The second-order valence-electron chi connectivity index (χ2n) is 2.50. The van der Waals surface area contributed by atoms with Crippen molar-refractivity contribution in [1.82, 2.24) is 0 Å². The maximum absolute atomic E-state index is 10.9. The molecule has 0 saturated heterocycles. The molecule has 4 nitrogen and oxygen atoms in total. The van der Waals surface area contributed by atoms with Crippen LogP contribution in [0.1, 0.15) is 6.92 Å². The van der Waals surface area contributed by atoms with Gasteiger partial charge in [-0.1, -0.05) is 0 Å². The van der Waals surface area contributed by atoms with Crippen LogP contribution in [0.15, 0.2) is 23.1 Å². The van der Waals surface area contributed by atoms with Crippen LogP contribution in [-0.4, -0.2) is 20.1 Å². The van der Waals surface area contributed by atoms with Gasteiger partial charge in [-0.2, -0.15) is 0 Å². The zero-order chi connectivity index (χ0) is 10.8. The van der Waals surface area contributed by atoms with Crippen LogP contribution in [0.3, 0.4) is 0 Å². The molecule has 0 bridgehead atoms. The van der Waals surface area contributed by atoms with Gasteiger partial charge in [0.25, 0.3) is 9.05 Å². The molecule has 0 aliphatic heterocycles. The third-order valence-corrected chi connectivity index (χ3v) is 2.86. The van der Waals surface area contributed by atoms with Crippen LogP contribution in [0.25, 0.3) is 0 Å². The van der Waals surface area contributed by atoms with Gasteiger partial charge in [-0.3, -0.25) is 0 Å². The molecule has 1 N–H and O–H groups in total. The number of phenolic OH excluding ortho intramolecular Hbond substituents is 1. The highest BCUT2D eigenvalue weighted by molar-refractivity contribution is 8.13. The van der Waals surface area contributed by atoms with Crippen molar-refractivity contribution in [2.45, 2.75) is 11.8 Å². The lowest BCUT2D eigenvalue weighted by Crippen LogP contribution is -1.95. The molecule has 0 fully saturated rings. The molecule has 0 aromatic heterocycles. The first-order valence-corrected chi connectivity index (χ1v) is 6.16. The van der Waals surface area contributed by atoms with E-state index in [1.54, 1.807) is 6.92 Å². The molecule has 78 valence electrons. The van der Waals surface area contributed by atoms with Crippen LogP contribution in [-0.2, 0) is 9.05 Å². The van der Waals surface area contributed by atoms with Gasteiger partial charge in [0.05, 0.1) is 11.5 Å². The third-order valence-electron chi connectivity index (χ3n) is 1.51. The number of hydrogen-bond donors (Lipinski definition) is 1. The van der Waals surface area contributed by atoms with E-state index < -0.39 is 9.05 Å². The molecule has 0 saturated carbocycles. The van der Waals surface area contributed by atoms with E-state index in [2.05, 4.69) is 0 Å². The third kappa shape index (κ3) is 2.52. The fourth-order valence-electron chi connectivity index (χ4n) is 0.917. The van der Waals surface area contributed by atoms with Crippen LogP contribution in [0, 0.1) is 0 Å². The summed E-state index contributed by atoms with van der Waals surface area (Å²) in [5.74, 6) is -0.00913. The maximum atomic E-state index is 10.9. The van der Waals surface area contributed by atoms with Gasteiger partial charge in [-0.15, -0.1) is 0 Å². The lowest BCUT2D eigenvalue weighted by atomic mass is 10.3. The molecule has 0 unspecified atom stereocenters. The molecule has 1 aromatic rings. The van der Waals surface area contributed by atoms with E-state index in [0.717, 1.165) is 0 Å². The minimum absolute atomic E-state index is 0.0968. The van der Waals surface area contributed by atoms with Gasteiger partial charge in [-0.05, 0) is 19.1 Å². The molecule has 0 spiro atoms. The second-order valence-corrected chi connectivity index (χ2v) is 5.07. The molecule has 0 amide bonds. The summed E-state index contributed by atoms with van der Waals surface area (Å²) in [6.45, 7) is 2.06. The Hall–Kier alpha value is -0.940. The molecule has 0 aliphatic carbocycles. The minimum atomic E-state index is -3.78. The Morgan fingerprint density at radius 3 is 2.64 bits per heavy atom. The van der Waals surface area contributed by atoms with E-state index in [9.17, 15) is 13.5 Å². The van der Waals surface area contributed by atoms with Crippen molar-refractivity contribution >= 4 is 19.7 Å². The number of hydrogen-bond acceptors (Lipinski definition) is 4. The van der Waals surface area contributed by atoms with Crippen molar-refractivity contribution in [2.75, 3.05) is 6.61 Å². The van der Waals surface area contributed by atoms with Crippen molar-refractivity contribution in [3.05, 3.63) is 18.2 Å². The van der Waals surface area contributed by atoms with Gasteiger partial charge < -0.3 is 9.84 Å². The van der Waals surface area contributed by atoms with E-state index in [1.165, 1.54) is 18.2 Å². The molecular weight excluding hydrogens is 228 g/mol. The zero-order valence-electron chi connectivity index (χ0n) is 7.40. The smallest absolute Gasteiger partial charge is 0.261 e. The molecule has 1 rings (SSSR count). The summed E-state index contributed by atoms with van der Waals surface area (Å²) in [6, 6.07) is 3.61. The van der Waals surface area contributed by atoms with Gasteiger partial charge in [0.2, 0.25) is 0 Å². The van der Waals surface area contributed by atoms with Crippen molar-refractivity contribution in [2.24, 2.45) is 0 Å². The molecule has 0 radical (unpaired) electrons. The molecule has 0 heterocycles. The standard InChI is InChI=1S/C8H9ClO4S/c1-2-13-8-5-6(14(9,11)12)3-4-7(8)10/h3-5,10H,2H2,1H3. The fraction of sp³-hybridized carbons (Fsp3) is 0.250. The average Bonchev–Trinajstić information content (AvgIpc) is 2.07. The van der Waals surface area contributed by atoms with Gasteiger partial charge in [0.15, 0.2) is 11.5 Å². The first kappa shape index (κ1) is 11.1. The number of ether oxygens (including phenoxy) is 1. The lowest BCUT2D eigenvalue weighted by molar-refractivity contribution is 0.317. The van der Waals surface area contributed by atoms with Gasteiger partial charge in [0.1, 0.15) is 0 Å². The maximum Gasteiger partial charge on any atom is 0.261 e. The Balaban J connectivity index is 3.20. The second kappa shape index (κ2) is 4.06. The highest BCUT2D eigenvalue weighted by Crippen LogP contribution is 2.29. The van der Waals surface area contributed by atoms with Crippen molar-refractivity contribution in [3.8, 4) is 11.5 Å². The Kier molecular flexibility index (Phi) is 3.23. The van der Waals surface area contributed by atoms with Crippen LogP contribution in [0.5, 0.6) is 11.5 Å². The first-order valence-electron chi connectivity index (χ1n) is 3.85. The molecule has 0 aliphatic rings. The number of benzene rings is 1. The van der Waals surface area contributed by atoms with E-state index in [-0.39, 0.29) is 16.4 Å². The van der Waals surface area contributed by atoms with E-state index in [0.29, 0.717) is 6.61 Å². The normalized spacial score (nSPS) is 11.3. The molecule has 0 atom stereocenters. The molecule has 14 heavy (non-hydrogen) atoms. The van der Waals surface area contributed by atoms with Crippen molar-refractivity contribution in [1.29, 1.82) is 0 Å². The van der Waals surface area contributed by atoms with Gasteiger partial charge in [0, 0.05) is 16.7 Å². The van der Waals surface area contributed by atoms with E-state index >= 15 is 0 Å². The summed E-state index contributed by atoms with van der Waals surface area (Å²) in [6.07, 6.45) is 0. The first-order chi connectivity index (χ1) is 6.45. The number of rotatable bonds is 3. The number of phenols is 1. The Labute approximate surface area is 86.5 Å². The SMILES string of the molecule is CCOc1cc(S(=O)(=O)Cl)ccc1O. The van der Waals surface area contributed by atoms with Crippen LogP contribution < -0.4 is 4.74 Å². The van der Waals surface area contributed by atoms with Crippen LogP contribution >= 0.6 is 10.7 Å². The van der Waals surface area contributed by atoms with E-state index in [1.807, 2.05) is 0 Å². The fourth-order valence-corrected chi connectivity index (χ4v) is 1.68. The van der Waals surface area contributed by atoms with Crippen molar-refractivity contribution < 1.29 is 18.3 Å². The predicted molar refractivity (Wildman–Crippen MR) is 52.3 cm³/mol. The Morgan fingerprint density at radius 2 is 2.14 bits per heavy atom. The monoisotopic (exact) mass is 236 g/mol. The van der Waals surface area contributed by atoms with Crippen LogP contribution in [0.4, 0.5) is 0 Å². The average molecular weight is 237 g/mol. The number of halogens is 1. The van der Waals surface area contributed by atoms with Crippen LogP contribution in [0.2, 0.25) is 0 Å². The quantitative estimate of drug-likeness (QED) is 0.812. The molecular formula is C8H9ClO4S. The highest BCUT2D eigenvalue weighted by atomic mass is 35.7. The van der Waals surface area contributed by atoms with E-state index in [4.69, 9.17) is 15.4 Å². The Morgan fingerprint density at radius 1 is 1.50 bits per heavy atom. The summed E-state index contributed by atoms with van der Waals surface area (Å²) in [5, 5.41) is 9.27. The summed E-state index contributed by atoms with van der Waals surface area (Å²) in [4.78, 5) is -0.0968. The van der Waals surface area contributed by atoms with Crippen molar-refractivity contribution in [3.63, 3.8) is 0 Å². The summed E-state index contributed by atoms with van der Waals surface area (Å²) >= 11 is 0. The molecule has 6 heteroatoms. The highest BCUT2D eigenvalue weighted by Gasteiger charge is 2.13. The summed E-state index contributed by atoms with van der Waals surface area (Å²) in [7, 11) is 1.34. The summed E-state index contributed by atoms with van der Waals surface area (Å²) < 4.78 is 26.9. The largest absolute Gasteiger partial charge is 0.504 e. The zero-order valence-corrected chi connectivity index (χ0v) is 8.97. The molecule has 1 aromatic carbocycles. The Bertz CT molecular complexity index is 427. The lowest BCUT2D eigenvalue weighted by Gasteiger charge is -2.06. The predicted octanol–water partition coefficient (Wildman–Crippen LogP) is 1.72. The minimum Gasteiger partial charge on any atom is -0.504 e.